The van der Waals surface area contributed by atoms with Crippen molar-refractivity contribution in [3.05, 3.63) is 36.1 Å². The molecule has 6 heteroatoms. The number of anilines is 2. The lowest BCUT2D eigenvalue weighted by Crippen LogP contribution is -2.12. The number of nitrogens with one attached hydrogen (secondary N) is 1. The van der Waals surface area contributed by atoms with Crippen LogP contribution in [-0.4, -0.2) is 16.2 Å². The maximum Gasteiger partial charge on any atom is 0.257 e. The third-order valence-corrected chi connectivity index (χ3v) is 1.97. The quantitative estimate of drug-likeness (QED) is 0.520. The van der Waals surface area contributed by atoms with Crippen molar-refractivity contribution in [1.29, 1.82) is 0 Å². The second-order valence-corrected chi connectivity index (χ2v) is 3.11. The van der Waals surface area contributed by atoms with E-state index in [4.69, 9.17) is 5.73 Å². The Morgan fingerprint density at radius 2 is 2.25 bits per heavy atom. The maximum atomic E-state index is 11.6. The number of aromatic nitrogens is 1. The number of rotatable bonds is 2. The highest BCUT2D eigenvalue weighted by Crippen LogP contribution is 2.21. The zero-order valence-corrected chi connectivity index (χ0v) is 8.18. The van der Waals surface area contributed by atoms with Crippen LogP contribution in [0.4, 0.5) is 11.5 Å². The van der Waals surface area contributed by atoms with Crippen LogP contribution in [0, 0.1) is 0 Å². The molecule has 0 fully saturated rings. The number of hydrogen-bond donors (Lipinski definition) is 3. The Kier molecular flexibility index (Phi) is 2.47. The lowest BCUT2D eigenvalue weighted by Gasteiger charge is -2.03. The van der Waals surface area contributed by atoms with Gasteiger partial charge in [-0.25, -0.2) is 0 Å². The summed E-state index contributed by atoms with van der Waals surface area (Å²) >= 11 is 0. The number of amides is 1. The number of nitrogens with two attached hydrogens (primary N) is 1. The number of benzene rings is 1. The number of nitrogens with zero attached hydrogens (tertiary/aromatic N) is 1. The highest BCUT2D eigenvalue weighted by Gasteiger charge is 2.09. The summed E-state index contributed by atoms with van der Waals surface area (Å²) in [5, 5.41) is 15.4. The molecule has 82 valence electrons. The summed E-state index contributed by atoms with van der Waals surface area (Å²) in [5.74, 6) is -0.224. The summed E-state index contributed by atoms with van der Waals surface area (Å²) in [4.78, 5) is 11.6. The monoisotopic (exact) mass is 219 g/mol. The molecule has 0 aliphatic rings. The van der Waals surface area contributed by atoms with Crippen LogP contribution in [-0.2, 0) is 0 Å². The van der Waals surface area contributed by atoms with E-state index in [1.807, 2.05) is 0 Å². The van der Waals surface area contributed by atoms with Crippen molar-refractivity contribution in [3.8, 4) is 5.75 Å². The Balaban J connectivity index is 2.18. The number of carbonyl (C=O) groups excluding carboxylic acids is 1. The van der Waals surface area contributed by atoms with E-state index >= 15 is 0 Å². The molecule has 0 aliphatic carbocycles. The van der Waals surface area contributed by atoms with Gasteiger partial charge in [-0.3, -0.25) is 4.79 Å². The fraction of sp³-hybridized carbons (Fsp3) is 0. The van der Waals surface area contributed by atoms with Crippen molar-refractivity contribution >= 4 is 17.4 Å². The number of hydrogen-bond acceptors (Lipinski definition) is 5. The molecule has 0 radical (unpaired) electrons. The van der Waals surface area contributed by atoms with Gasteiger partial charge >= 0.3 is 0 Å². The molecule has 1 aromatic carbocycles. The van der Waals surface area contributed by atoms with Gasteiger partial charge in [0.2, 0.25) is 0 Å². The predicted octanol–water partition coefficient (Wildman–Crippen LogP) is 1.21. The van der Waals surface area contributed by atoms with Gasteiger partial charge in [0.25, 0.3) is 5.91 Å². The molecule has 1 heterocycles. The first-order chi connectivity index (χ1) is 7.66. The van der Waals surface area contributed by atoms with E-state index in [-0.39, 0.29) is 17.0 Å². The van der Waals surface area contributed by atoms with E-state index in [2.05, 4.69) is 15.0 Å². The smallest absolute Gasteiger partial charge is 0.257 e. The molecule has 4 N–H and O–H groups in total. The second-order valence-electron chi connectivity index (χ2n) is 3.11. The van der Waals surface area contributed by atoms with Crippen LogP contribution in [0.3, 0.4) is 0 Å². The van der Waals surface area contributed by atoms with Gasteiger partial charge in [0, 0.05) is 11.6 Å². The Morgan fingerprint density at radius 1 is 1.44 bits per heavy atom. The molecular formula is C10H9N3O3. The van der Waals surface area contributed by atoms with Crippen molar-refractivity contribution in [2.75, 3.05) is 11.1 Å². The first-order valence-electron chi connectivity index (χ1n) is 4.47. The highest BCUT2D eigenvalue weighted by atomic mass is 16.5. The second kappa shape index (κ2) is 3.93. The minimum absolute atomic E-state index is 0.132. The SMILES string of the molecule is Nc1ccc(C(=O)Nc2ccon2)cc1O. The summed E-state index contributed by atoms with van der Waals surface area (Å²) in [6.07, 6.45) is 1.34. The van der Waals surface area contributed by atoms with Gasteiger partial charge < -0.3 is 20.7 Å². The van der Waals surface area contributed by atoms with E-state index in [9.17, 15) is 9.90 Å². The Hall–Kier alpha value is -2.50. The fourth-order valence-corrected chi connectivity index (χ4v) is 1.15. The van der Waals surface area contributed by atoms with E-state index in [0.717, 1.165) is 0 Å². The molecule has 0 bridgehead atoms. The number of aromatic hydroxyl groups is 1. The molecule has 0 saturated carbocycles. The summed E-state index contributed by atoms with van der Waals surface area (Å²) < 4.78 is 4.56. The number of phenols is 1. The van der Waals surface area contributed by atoms with Crippen LogP contribution in [0.5, 0.6) is 5.75 Å². The zero-order chi connectivity index (χ0) is 11.5. The number of nitrogen functional groups attached to an aromatic ring is 1. The lowest BCUT2D eigenvalue weighted by molar-refractivity contribution is 0.102. The lowest BCUT2D eigenvalue weighted by atomic mass is 10.2. The maximum absolute atomic E-state index is 11.6. The van der Waals surface area contributed by atoms with Gasteiger partial charge in [-0.05, 0) is 18.2 Å². The summed E-state index contributed by atoms with van der Waals surface area (Å²) in [7, 11) is 0. The van der Waals surface area contributed by atoms with Crippen molar-refractivity contribution in [2.24, 2.45) is 0 Å². The summed E-state index contributed by atoms with van der Waals surface area (Å²) in [6, 6.07) is 5.75. The Morgan fingerprint density at radius 3 is 2.88 bits per heavy atom. The Labute approximate surface area is 90.7 Å². The minimum atomic E-state index is -0.399. The van der Waals surface area contributed by atoms with Crippen LogP contribution < -0.4 is 11.1 Å². The predicted molar refractivity (Wildman–Crippen MR) is 57.0 cm³/mol. The number of carbonyl (C=O) groups is 1. The van der Waals surface area contributed by atoms with Crippen LogP contribution in [0.1, 0.15) is 10.4 Å². The van der Waals surface area contributed by atoms with Crippen LogP contribution in [0.25, 0.3) is 0 Å². The molecule has 6 nitrogen and oxygen atoms in total. The molecule has 0 unspecified atom stereocenters. The summed E-state index contributed by atoms with van der Waals surface area (Å²) in [5.41, 5.74) is 5.92. The molecule has 2 rings (SSSR count). The van der Waals surface area contributed by atoms with Gasteiger partial charge in [-0.1, -0.05) is 5.16 Å². The zero-order valence-electron chi connectivity index (χ0n) is 8.18. The molecule has 0 aliphatic heterocycles. The first-order valence-corrected chi connectivity index (χ1v) is 4.47. The molecule has 0 atom stereocenters. The molecule has 0 spiro atoms. The number of phenolic OH excluding ortho intramolecular Hbond substituents is 1. The minimum Gasteiger partial charge on any atom is -0.506 e. The normalized spacial score (nSPS) is 10.0. The van der Waals surface area contributed by atoms with Gasteiger partial charge in [-0.15, -0.1) is 0 Å². The standard InChI is InChI=1S/C10H9N3O3/c11-7-2-1-6(5-8(7)14)10(15)12-9-3-4-16-13-9/h1-5,14H,11H2,(H,12,13,15). The van der Waals surface area contributed by atoms with Crippen LogP contribution >= 0.6 is 0 Å². The molecule has 0 saturated heterocycles. The highest BCUT2D eigenvalue weighted by molar-refractivity contribution is 6.04. The average Bonchev–Trinajstić information content (AvgIpc) is 2.74. The van der Waals surface area contributed by atoms with Crippen molar-refractivity contribution < 1.29 is 14.4 Å². The molecule has 2 aromatic rings. The van der Waals surface area contributed by atoms with Crippen molar-refractivity contribution in [2.45, 2.75) is 0 Å². The topological polar surface area (TPSA) is 101 Å². The van der Waals surface area contributed by atoms with Gasteiger partial charge in [-0.2, -0.15) is 0 Å². The van der Waals surface area contributed by atoms with E-state index < -0.39 is 5.91 Å². The molecular weight excluding hydrogens is 210 g/mol. The molecule has 1 amide bonds. The average molecular weight is 219 g/mol. The van der Waals surface area contributed by atoms with Gasteiger partial charge in [0.1, 0.15) is 12.0 Å². The largest absolute Gasteiger partial charge is 0.506 e. The summed E-state index contributed by atoms with van der Waals surface area (Å²) in [6.45, 7) is 0. The Bertz CT molecular complexity index is 508. The third kappa shape index (κ3) is 1.95. The fourth-order valence-electron chi connectivity index (χ4n) is 1.15. The third-order valence-electron chi connectivity index (χ3n) is 1.97. The van der Waals surface area contributed by atoms with Crippen LogP contribution in [0.15, 0.2) is 35.1 Å². The van der Waals surface area contributed by atoms with Crippen LogP contribution in [0.2, 0.25) is 0 Å². The van der Waals surface area contributed by atoms with Gasteiger partial charge in [0.05, 0.1) is 5.69 Å². The molecule has 16 heavy (non-hydrogen) atoms. The van der Waals surface area contributed by atoms with Crippen molar-refractivity contribution in [1.82, 2.24) is 5.16 Å². The first kappa shape index (κ1) is 10.0. The van der Waals surface area contributed by atoms with Crippen molar-refractivity contribution in [3.63, 3.8) is 0 Å². The van der Waals surface area contributed by atoms with E-state index in [1.54, 1.807) is 0 Å². The van der Waals surface area contributed by atoms with Gasteiger partial charge in [0.15, 0.2) is 5.82 Å². The van der Waals surface area contributed by atoms with E-state index in [1.165, 1.54) is 30.5 Å². The van der Waals surface area contributed by atoms with E-state index in [0.29, 0.717) is 5.82 Å². The molecule has 1 aromatic heterocycles.